The van der Waals surface area contributed by atoms with Crippen LogP contribution < -0.4 is 0 Å². The van der Waals surface area contributed by atoms with Crippen LogP contribution >= 0.6 is 15.9 Å². The normalized spacial score (nSPS) is 10.8. The van der Waals surface area contributed by atoms with E-state index in [2.05, 4.69) is 36.7 Å². The lowest BCUT2D eigenvalue weighted by Crippen LogP contribution is -2.13. The van der Waals surface area contributed by atoms with Crippen molar-refractivity contribution in [3.8, 4) is 0 Å². The largest absolute Gasteiger partial charge is 0.481 e. The Morgan fingerprint density at radius 3 is 1.21 bits per heavy atom. The molecule has 0 amide bonds. The van der Waals surface area contributed by atoms with Crippen LogP contribution in [0, 0.1) is 5.92 Å². The number of alkyl halides is 1. The highest BCUT2D eigenvalue weighted by Gasteiger charge is 2.16. The van der Waals surface area contributed by atoms with Crippen molar-refractivity contribution in [2.45, 2.75) is 149 Å². The Kier molecular flexibility index (Phi) is 30.0. The molecule has 0 fully saturated rings. The predicted molar refractivity (Wildman–Crippen MR) is 134 cm³/mol. The van der Waals surface area contributed by atoms with Crippen LogP contribution in [0.3, 0.4) is 0 Å². The first kappa shape index (κ1) is 31.1. The first-order valence-corrected chi connectivity index (χ1v) is 14.0. The number of halogens is 1. The maximum atomic E-state index is 11.2. The van der Waals surface area contributed by atoms with Crippen LogP contribution in [0.15, 0.2) is 0 Å². The van der Waals surface area contributed by atoms with E-state index in [0.29, 0.717) is 0 Å². The fourth-order valence-corrected chi connectivity index (χ4v) is 4.00. The fourth-order valence-electron chi connectivity index (χ4n) is 3.61. The van der Waals surface area contributed by atoms with Crippen molar-refractivity contribution in [3.05, 3.63) is 0 Å². The Morgan fingerprint density at radius 2 is 0.897 bits per heavy atom. The molecule has 0 aromatic carbocycles. The zero-order chi connectivity index (χ0) is 22.0. The molecule has 0 aliphatic heterocycles. The lowest BCUT2D eigenvalue weighted by Gasteiger charge is -2.12. The molecule has 2 nitrogen and oxygen atoms in total. The van der Waals surface area contributed by atoms with Crippen molar-refractivity contribution in [3.63, 3.8) is 0 Å². The lowest BCUT2D eigenvalue weighted by atomic mass is 9.94. The summed E-state index contributed by atoms with van der Waals surface area (Å²) in [7, 11) is 0. The highest BCUT2D eigenvalue weighted by Crippen LogP contribution is 2.19. The first-order valence-electron chi connectivity index (χ1n) is 12.9. The van der Waals surface area contributed by atoms with Gasteiger partial charge in [0.15, 0.2) is 0 Å². The maximum Gasteiger partial charge on any atom is 0.306 e. The van der Waals surface area contributed by atoms with E-state index < -0.39 is 5.97 Å². The van der Waals surface area contributed by atoms with Crippen molar-refractivity contribution in [2.75, 3.05) is 5.33 Å². The lowest BCUT2D eigenvalue weighted by molar-refractivity contribution is -0.142. The summed E-state index contributed by atoms with van der Waals surface area (Å²) in [5.74, 6) is -0.667. The zero-order valence-corrected chi connectivity index (χ0v) is 21.7. The molecule has 0 aromatic rings. The summed E-state index contributed by atoms with van der Waals surface area (Å²) in [5.41, 5.74) is 0. The molecule has 3 heteroatoms. The second-order valence-corrected chi connectivity index (χ2v) is 9.40. The van der Waals surface area contributed by atoms with Gasteiger partial charge in [0.05, 0.1) is 5.92 Å². The van der Waals surface area contributed by atoms with Gasteiger partial charge in [-0.05, 0) is 19.3 Å². The van der Waals surface area contributed by atoms with E-state index in [9.17, 15) is 9.90 Å². The zero-order valence-electron chi connectivity index (χ0n) is 20.2. The van der Waals surface area contributed by atoms with Crippen LogP contribution in [-0.2, 0) is 4.79 Å². The van der Waals surface area contributed by atoms with Crippen LogP contribution in [0.2, 0.25) is 0 Å². The number of rotatable bonds is 21. The van der Waals surface area contributed by atoms with Gasteiger partial charge in [0.2, 0.25) is 0 Å². The smallest absolute Gasteiger partial charge is 0.306 e. The minimum absolute atomic E-state index is 0.0904. The molecular formula is C26H53BrO2. The first-order chi connectivity index (χ1) is 14.1. The molecule has 0 atom stereocenters. The Hall–Kier alpha value is -0.0500. The molecule has 0 rings (SSSR count). The number of carboxylic acids is 1. The van der Waals surface area contributed by atoms with Crippen LogP contribution in [0.25, 0.3) is 0 Å². The Morgan fingerprint density at radius 1 is 0.586 bits per heavy atom. The van der Waals surface area contributed by atoms with Crippen molar-refractivity contribution < 1.29 is 9.90 Å². The minimum Gasteiger partial charge on any atom is -0.481 e. The summed E-state index contributed by atoms with van der Waals surface area (Å²) in [6.45, 7) is 6.70. The van der Waals surface area contributed by atoms with Gasteiger partial charge in [-0.1, -0.05) is 146 Å². The van der Waals surface area contributed by atoms with E-state index in [1.807, 2.05) is 0 Å². The van der Waals surface area contributed by atoms with Crippen molar-refractivity contribution in [1.29, 1.82) is 0 Å². The fraction of sp³-hybridized carbons (Fsp3) is 0.962. The molecule has 0 aliphatic carbocycles. The monoisotopic (exact) mass is 476 g/mol. The number of unbranched alkanes of at least 4 members (excludes halogenated alkanes) is 15. The van der Waals surface area contributed by atoms with E-state index in [1.54, 1.807) is 0 Å². The molecule has 0 aromatic heterocycles. The molecule has 29 heavy (non-hydrogen) atoms. The van der Waals surface area contributed by atoms with Crippen LogP contribution in [0.5, 0.6) is 0 Å². The summed E-state index contributed by atoms with van der Waals surface area (Å²) < 4.78 is 0. The highest BCUT2D eigenvalue weighted by molar-refractivity contribution is 9.09. The average molecular weight is 478 g/mol. The summed E-state index contributed by atoms with van der Waals surface area (Å²) in [5, 5.41) is 10.4. The van der Waals surface area contributed by atoms with E-state index in [1.165, 1.54) is 108 Å². The Balaban J connectivity index is 0. The van der Waals surface area contributed by atoms with Crippen molar-refractivity contribution in [2.24, 2.45) is 5.92 Å². The van der Waals surface area contributed by atoms with Crippen LogP contribution in [0.4, 0.5) is 0 Å². The number of carbonyl (C=O) groups is 1. The van der Waals surface area contributed by atoms with E-state index in [-0.39, 0.29) is 5.92 Å². The van der Waals surface area contributed by atoms with Gasteiger partial charge >= 0.3 is 5.97 Å². The van der Waals surface area contributed by atoms with Gasteiger partial charge in [-0.25, -0.2) is 0 Å². The van der Waals surface area contributed by atoms with Crippen LogP contribution in [-0.4, -0.2) is 16.4 Å². The number of aliphatic carboxylic acids is 1. The van der Waals surface area contributed by atoms with E-state index >= 15 is 0 Å². The standard InChI is InChI=1S/C18H36O2.C8H17Br/c1-3-5-7-9-11-13-15-17(18(19)20)16-14-12-10-8-6-4-2;1-2-3-4-5-6-7-8-9/h17H,3-16H2,1-2H3,(H,19,20);2-8H2,1H3. The van der Waals surface area contributed by atoms with Gasteiger partial charge in [0.25, 0.3) is 0 Å². The van der Waals surface area contributed by atoms with Gasteiger partial charge in [0, 0.05) is 5.33 Å². The van der Waals surface area contributed by atoms with E-state index in [0.717, 1.165) is 25.7 Å². The molecule has 0 saturated carbocycles. The summed E-state index contributed by atoms with van der Waals surface area (Å²) in [6.07, 6.45) is 25.1. The quantitative estimate of drug-likeness (QED) is 0.132. The second kappa shape index (κ2) is 27.9. The molecule has 0 unspecified atom stereocenters. The highest BCUT2D eigenvalue weighted by atomic mass is 79.9. The van der Waals surface area contributed by atoms with E-state index in [4.69, 9.17) is 0 Å². The molecule has 0 saturated heterocycles. The van der Waals surface area contributed by atoms with Gasteiger partial charge in [0.1, 0.15) is 0 Å². The third-order valence-electron chi connectivity index (χ3n) is 5.65. The molecule has 0 bridgehead atoms. The number of carboxylic acid groups (broad SMARTS) is 1. The van der Waals surface area contributed by atoms with Gasteiger partial charge in [-0.15, -0.1) is 0 Å². The molecular weight excluding hydrogens is 424 g/mol. The topological polar surface area (TPSA) is 37.3 Å². The molecule has 176 valence electrons. The Bertz CT molecular complexity index is 285. The van der Waals surface area contributed by atoms with Crippen molar-refractivity contribution >= 4 is 21.9 Å². The van der Waals surface area contributed by atoms with Gasteiger partial charge in [-0.3, -0.25) is 4.79 Å². The third kappa shape index (κ3) is 28.0. The van der Waals surface area contributed by atoms with Crippen molar-refractivity contribution in [1.82, 2.24) is 0 Å². The summed E-state index contributed by atoms with van der Waals surface area (Å²) >= 11 is 3.42. The van der Waals surface area contributed by atoms with Gasteiger partial charge < -0.3 is 5.11 Å². The SMILES string of the molecule is CCCCCCCCBr.CCCCCCCCC(CCCCCCCC)C(=O)O. The van der Waals surface area contributed by atoms with Gasteiger partial charge in [-0.2, -0.15) is 0 Å². The average Bonchev–Trinajstić information content (AvgIpc) is 2.71. The molecule has 1 N–H and O–H groups in total. The van der Waals surface area contributed by atoms with Crippen LogP contribution in [0.1, 0.15) is 149 Å². The Labute approximate surface area is 192 Å². The predicted octanol–water partition coefficient (Wildman–Crippen LogP) is 9.93. The maximum absolute atomic E-state index is 11.2. The number of hydrogen-bond donors (Lipinski definition) is 1. The molecule has 0 aliphatic rings. The molecule has 0 radical (unpaired) electrons. The summed E-state index contributed by atoms with van der Waals surface area (Å²) in [6, 6.07) is 0. The summed E-state index contributed by atoms with van der Waals surface area (Å²) in [4.78, 5) is 11.2. The minimum atomic E-state index is -0.577. The second-order valence-electron chi connectivity index (χ2n) is 8.60. The number of hydrogen-bond acceptors (Lipinski definition) is 1. The molecule has 0 heterocycles. The third-order valence-corrected chi connectivity index (χ3v) is 6.21. The molecule has 0 spiro atoms.